The van der Waals surface area contributed by atoms with E-state index in [1.807, 2.05) is 37.3 Å². The highest BCUT2D eigenvalue weighted by Crippen LogP contribution is 2.27. The monoisotopic (exact) mass is 215 g/mol. The number of dihydropyridines is 1. The molecule has 0 bridgehead atoms. The summed E-state index contributed by atoms with van der Waals surface area (Å²) in [6, 6.07) is 7.91. The van der Waals surface area contributed by atoms with Gasteiger partial charge in [0.1, 0.15) is 0 Å². The van der Waals surface area contributed by atoms with E-state index in [4.69, 9.17) is 5.11 Å². The van der Waals surface area contributed by atoms with Crippen LogP contribution in [0.25, 0.3) is 0 Å². The van der Waals surface area contributed by atoms with E-state index >= 15 is 0 Å². The average Bonchev–Trinajstić information content (AvgIpc) is 2.30. The highest BCUT2D eigenvalue weighted by Gasteiger charge is 2.21. The van der Waals surface area contributed by atoms with Crippen LogP contribution < -0.4 is 5.32 Å². The van der Waals surface area contributed by atoms with E-state index in [0.29, 0.717) is 5.57 Å². The Morgan fingerprint density at radius 3 is 2.62 bits per heavy atom. The zero-order chi connectivity index (χ0) is 11.5. The third kappa shape index (κ3) is 1.98. The molecule has 2 rings (SSSR count). The van der Waals surface area contributed by atoms with Crippen molar-refractivity contribution < 1.29 is 9.90 Å². The minimum Gasteiger partial charge on any atom is -0.478 e. The summed E-state index contributed by atoms with van der Waals surface area (Å²) in [7, 11) is 0. The molecule has 1 heterocycles. The summed E-state index contributed by atoms with van der Waals surface area (Å²) in [6.07, 6.45) is 5.15. The van der Waals surface area contributed by atoms with Crippen molar-refractivity contribution in [2.24, 2.45) is 0 Å². The molecule has 16 heavy (non-hydrogen) atoms. The van der Waals surface area contributed by atoms with Gasteiger partial charge < -0.3 is 10.4 Å². The standard InChI is InChI=1S/C13H13NO2/c1-9-2-4-10(5-3-9)11-6-7-14-8-12(11)13(15)16/h2-8,11,14H,1H3,(H,15,16). The van der Waals surface area contributed by atoms with Crippen LogP contribution in [0.2, 0.25) is 0 Å². The average molecular weight is 215 g/mol. The number of carbonyl (C=O) groups is 1. The van der Waals surface area contributed by atoms with Gasteiger partial charge in [-0.1, -0.05) is 35.9 Å². The fourth-order valence-corrected chi connectivity index (χ4v) is 1.74. The van der Waals surface area contributed by atoms with E-state index in [-0.39, 0.29) is 5.92 Å². The molecule has 0 spiro atoms. The number of aryl methyl sites for hydroxylation is 1. The number of allylic oxidation sites excluding steroid dienone is 1. The van der Waals surface area contributed by atoms with Gasteiger partial charge in [-0.15, -0.1) is 0 Å². The molecular formula is C13H13NO2. The molecule has 1 atom stereocenters. The number of hydrogen-bond donors (Lipinski definition) is 2. The van der Waals surface area contributed by atoms with Gasteiger partial charge >= 0.3 is 5.97 Å². The summed E-state index contributed by atoms with van der Waals surface area (Å²) in [5, 5.41) is 11.9. The maximum absolute atomic E-state index is 11.1. The van der Waals surface area contributed by atoms with Crippen molar-refractivity contribution >= 4 is 5.97 Å². The highest BCUT2D eigenvalue weighted by atomic mass is 16.4. The summed E-state index contributed by atoms with van der Waals surface area (Å²) in [6.45, 7) is 2.01. The van der Waals surface area contributed by atoms with Gasteiger partial charge in [0.15, 0.2) is 0 Å². The van der Waals surface area contributed by atoms with Gasteiger partial charge in [0, 0.05) is 12.1 Å². The van der Waals surface area contributed by atoms with Gasteiger partial charge in [0.05, 0.1) is 5.57 Å². The number of hydrogen-bond acceptors (Lipinski definition) is 2. The first-order chi connectivity index (χ1) is 7.68. The quantitative estimate of drug-likeness (QED) is 0.794. The molecule has 0 saturated carbocycles. The second-order valence-electron chi connectivity index (χ2n) is 3.82. The second-order valence-corrected chi connectivity index (χ2v) is 3.82. The first kappa shape index (κ1) is 10.5. The molecule has 3 heteroatoms. The molecule has 2 N–H and O–H groups in total. The second kappa shape index (κ2) is 4.23. The lowest BCUT2D eigenvalue weighted by Crippen LogP contribution is -2.16. The van der Waals surface area contributed by atoms with E-state index in [2.05, 4.69) is 5.32 Å². The minimum absolute atomic E-state index is 0.167. The first-order valence-electron chi connectivity index (χ1n) is 5.11. The van der Waals surface area contributed by atoms with E-state index in [1.54, 1.807) is 6.20 Å². The summed E-state index contributed by atoms with van der Waals surface area (Å²) in [5.41, 5.74) is 2.53. The predicted octanol–water partition coefficient (Wildman–Crippen LogP) is 2.16. The van der Waals surface area contributed by atoms with E-state index in [1.165, 1.54) is 11.8 Å². The Balaban J connectivity index is 2.35. The number of carboxylic acids is 1. The maximum atomic E-state index is 11.1. The van der Waals surface area contributed by atoms with Crippen LogP contribution in [0, 0.1) is 6.92 Å². The Morgan fingerprint density at radius 1 is 1.31 bits per heavy atom. The van der Waals surface area contributed by atoms with Crippen LogP contribution in [-0.2, 0) is 4.79 Å². The molecule has 0 radical (unpaired) electrons. The molecule has 82 valence electrons. The lowest BCUT2D eigenvalue weighted by Gasteiger charge is -2.17. The molecule has 3 nitrogen and oxygen atoms in total. The SMILES string of the molecule is Cc1ccc(C2C=CNC=C2C(=O)O)cc1. The number of carboxylic acid groups (broad SMARTS) is 1. The Labute approximate surface area is 94.1 Å². The van der Waals surface area contributed by atoms with Gasteiger partial charge in [-0.2, -0.15) is 0 Å². The lowest BCUT2D eigenvalue weighted by molar-refractivity contribution is -0.132. The van der Waals surface area contributed by atoms with Crippen molar-refractivity contribution in [3.8, 4) is 0 Å². The van der Waals surface area contributed by atoms with Crippen LogP contribution in [0.5, 0.6) is 0 Å². The molecule has 0 aliphatic carbocycles. The first-order valence-corrected chi connectivity index (χ1v) is 5.11. The van der Waals surface area contributed by atoms with Crippen LogP contribution in [-0.4, -0.2) is 11.1 Å². The van der Waals surface area contributed by atoms with Crippen LogP contribution >= 0.6 is 0 Å². The topological polar surface area (TPSA) is 49.3 Å². The summed E-state index contributed by atoms with van der Waals surface area (Å²) in [4.78, 5) is 11.1. The van der Waals surface area contributed by atoms with Crippen LogP contribution in [0.15, 0.2) is 48.3 Å². The Bertz CT molecular complexity index is 457. The predicted molar refractivity (Wildman–Crippen MR) is 61.9 cm³/mol. The molecule has 0 aromatic heterocycles. The molecule has 1 aliphatic heterocycles. The third-order valence-corrected chi connectivity index (χ3v) is 2.64. The van der Waals surface area contributed by atoms with Crippen molar-refractivity contribution in [1.29, 1.82) is 0 Å². The van der Waals surface area contributed by atoms with Crippen molar-refractivity contribution in [2.75, 3.05) is 0 Å². The smallest absolute Gasteiger partial charge is 0.334 e. The maximum Gasteiger partial charge on any atom is 0.334 e. The number of nitrogens with one attached hydrogen (secondary N) is 1. The Morgan fingerprint density at radius 2 is 2.00 bits per heavy atom. The van der Waals surface area contributed by atoms with Gasteiger partial charge in [-0.3, -0.25) is 0 Å². The van der Waals surface area contributed by atoms with Gasteiger partial charge in [0.25, 0.3) is 0 Å². The van der Waals surface area contributed by atoms with Crippen LogP contribution in [0.1, 0.15) is 17.0 Å². The Kier molecular flexibility index (Phi) is 2.77. The normalized spacial score (nSPS) is 18.8. The largest absolute Gasteiger partial charge is 0.478 e. The molecule has 1 aliphatic rings. The molecule has 1 aromatic carbocycles. The van der Waals surface area contributed by atoms with E-state index < -0.39 is 5.97 Å². The highest BCUT2D eigenvalue weighted by molar-refractivity contribution is 5.89. The van der Waals surface area contributed by atoms with Crippen molar-refractivity contribution in [3.63, 3.8) is 0 Å². The molecule has 0 saturated heterocycles. The molecule has 1 unspecified atom stereocenters. The zero-order valence-corrected chi connectivity index (χ0v) is 8.97. The fraction of sp³-hybridized carbons (Fsp3) is 0.154. The van der Waals surface area contributed by atoms with Gasteiger partial charge in [0.2, 0.25) is 0 Å². The van der Waals surface area contributed by atoms with Crippen LogP contribution in [0.3, 0.4) is 0 Å². The van der Waals surface area contributed by atoms with E-state index in [0.717, 1.165) is 5.56 Å². The number of rotatable bonds is 2. The zero-order valence-electron chi connectivity index (χ0n) is 8.97. The number of aliphatic carboxylic acids is 1. The lowest BCUT2D eigenvalue weighted by atomic mass is 9.90. The minimum atomic E-state index is -0.887. The molecule has 0 amide bonds. The van der Waals surface area contributed by atoms with Crippen LogP contribution in [0.4, 0.5) is 0 Å². The summed E-state index contributed by atoms with van der Waals surface area (Å²) < 4.78 is 0. The van der Waals surface area contributed by atoms with Gasteiger partial charge in [-0.25, -0.2) is 4.79 Å². The van der Waals surface area contributed by atoms with Gasteiger partial charge in [-0.05, 0) is 18.7 Å². The third-order valence-electron chi connectivity index (χ3n) is 2.64. The van der Waals surface area contributed by atoms with Crippen molar-refractivity contribution in [1.82, 2.24) is 5.32 Å². The number of benzene rings is 1. The Hall–Kier alpha value is -2.03. The molecular weight excluding hydrogens is 202 g/mol. The fourth-order valence-electron chi connectivity index (χ4n) is 1.74. The van der Waals surface area contributed by atoms with Crippen molar-refractivity contribution in [3.05, 3.63) is 59.4 Å². The molecule has 1 aromatic rings. The summed E-state index contributed by atoms with van der Waals surface area (Å²) in [5.74, 6) is -1.05. The summed E-state index contributed by atoms with van der Waals surface area (Å²) >= 11 is 0. The molecule has 0 fully saturated rings. The van der Waals surface area contributed by atoms with Crippen molar-refractivity contribution in [2.45, 2.75) is 12.8 Å². The van der Waals surface area contributed by atoms with E-state index in [9.17, 15) is 4.79 Å².